The number of hydrogen-bond donors (Lipinski definition) is 0. The van der Waals surface area contributed by atoms with Gasteiger partial charge in [-0.2, -0.15) is 0 Å². The van der Waals surface area contributed by atoms with Crippen molar-refractivity contribution >= 4 is 11.9 Å². The van der Waals surface area contributed by atoms with Gasteiger partial charge in [-0.3, -0.25) is 0 Å². The maximum Gasteiger partial charge on any atom is 0.0771 e. The van der Waals surface area contributed by atoms with Gasteiger partial charge >= 0.3 is 0 Å². The van der Waals surface area contributed by atoms with E-state index in [1.807, 2.05) is 30.3 Å². The number of terminal acetylenes is 1. The first-order valence-corrected chi connectivity index (χ1v) is 2.97. The Morgan fingerprint density at radius 3 is 2.60 bits per heavy atom. The van der Waals surface area contributed by atoms with Crippen molar-refractivity contribution in [1.82, 2.24) is 0 Å². The highest BCUT2D eigenvalue weighted by Crippen LogP contribution is 2.07. The van der Waals surface area contributed by atoms with Crippen LogP contribution in [0.25, 0.3) is 0 Å². The van der Waals surface area contributed by atoms with Gasteiger partial charge in [-0.15, -0.1) is 6.42 Å². The Hall–Kier alpha value is -1.55. The molecule has 1 heteroatoms. The summed E-state index contributed by atoms with van der Waals surface area (Å²) in [6.07, 6.45) is 6.42. The molecular formula is C9H7N. The van der Waals surface area contributed by atoms with Crippen LogP contribution in [-0.2, 0) is 0 Å². The molecule has 1 rings (SSSR count). The van der Waals surface area contributed by atoms with Crippen LogP contribution >= 0.6 is 0 Å². The number of nitrogens with zero attached hydrogens (tertiary/aromatic N) is 1. The first-order chi connectivity index (χ1) is 4.93. The third kappa shape index (κ3) is 1.75. The zero-order valence-electron chi connectivity index (χ0n) is 5.49. The second-order valence-electron chi connectivity index (χ2n) is 1.76. The van der Waals surface area contributed by atoms with Crippen molar-refractivity contribution in [3.63, 3.8) is 0 Å². The van der Waals surface area contributed by atoms with Crippen LogP contribution in [0.1, 0.15) is 0 Å². The predicted octanol–water partition coefficient (Wildman–Crippen LogP) is 2.02. The summed E-state index contributed by atoms with van der Waals surface area (Å²) in [7, 11) is 0. The van der Waals surface area contributed by atoms with E-state index in [1.165, 1.54) is 6.21 Å². The minimum Gasteiger partial charge on any atom is -0.248 e. The van der Waals surface area contributed by atoms with E-state index in [1.54, 1.807) is 0 Å². The zero-order valence-corrected chi connectivity index (χ0v) is 5.49. The Morgan fingerprint density at radius 2 is 2.00 bits per heavy atom. The monoisotopic (exact) mass is 129 g/mol. The molecule has 0 saturated carbocycles. The smallest absolute Gasteiger partial charge is 0.0771 e. The van der Waals surface area contributed by atoms with Crippen molar-refractivity contribution in [1.29, 1.82) is 0 Å². The standard InChI is InChI=1S/C9H7N/c1-2-8-10-9-6-4-3-5-7-9/h1,3-8H. The molecule has 0 heterocycles. The van der Waals surface area contributed by atoms with E-state index in [-0.39, 0.29) is 0 Å². The predicted molar refractivity (Wildman–Crippen MR) is 43.4 cm³/mol. The normalized spacial score (nSPS) is 9.50. The van der Waals surface area contributed by atoms with Gasteiger partial charge in [0.05, 0.1) is 11.9 Å². The number of benzene rings is 1. The van der Waals surface area contributed by atoms with E-state index in [0.29, 0.717) is 0 Å². The van der Waals surface area contributed by atoms with E-state index >= 15 is 0 Å². The quantitative estimate of drug-likeness (QED) is 0.406. The highest BCUT2D eigenvalue weighted by atomic mass is 14.7. The highest BCUT2D eigenvalue weighted by molar-refractivity contribution is 5.79. The summed E-state index contributed by atoms with van der Waals surface area (Å²) < 4.78 is 0. The first-order valence-electron chi connectivity index (χ1n) is 2.97. The molecule has 0 spiro atoms. The second-order valence-corrected chi connectivity index (χ2v) is 1.76. The van der Waals surface area contributed by atoms with Gasteiger partial charge < -0.3 is 0 Å². The lowest BCUT2D eigenvalue weighted by Crippen LogP contribution is -1.63. The van der Waals surface area contributed by atoms with E-state index in [0.717, 1.165) is 5.69 Å². The Balaban J connectivity index is 2.79. The molecule has 0 amide bonds. The number of hydrogen-bond acceptors (Lipinski definition) is 1. The van der Waals surface area contributed by atoms with Gasteiger partial charge in [0, 0.05) is 0 Å². The fraction of sp³-hybridized carbons (Fsp3) is 0. The highest BCUT2D eigenvalue weighted by Gasteiger charge is 1.79. The lowest BCUT2D eigenvalue weighted by Gasteiger charge is -1.86. The van der Waals surface area contributed by atoms with Gasteiger partial charge in [0.1, 0.15) is 0 Å². The molecule has 0 saturated heterocycles. The number of rotatable bonds is 1. The Labute approximate surface area is 60.4 Å². The Morgan fingerprint density at radius 1 is 1.30 bits per heavy atom. The molecule has 0 bridgehead atoms. The summed E-state index contributed by atoms with van der Waals surface area (Å²) in [6.45, 7) is 0. The molecule has 0 atom stereocenters. The molecule has 1 aromatic rings. The summed E-state index contributed by atoms with van der Waals surface area (Å²) in [5, 5.41) is 0. The van der Waals surface area contributed by atoms with Crippen LogP contribution in [0, 0.1) is 12.3 Å². The van der Waals surface area contributed by atoms with Crippen molar-refractivity contribution < 1.29 is 0 Å². The average Bonchev–Trinajstić information content (AvgIpc) is 2.03. The lowest BCUT2D eigenvalue weighted by molar-refractivity contribution is 1.55. The van der Waals surface area contributed by atoms with E-state index in [2.05, 4.69) is 10.9 Å². The SMILES string of the molecule is C#CC=Nc1ccccc1. The largest absolute Gasteiger partial charge is 0.248 e. The molecule has 0 aromatic heterocycles. The van der Waals surface area contributed by atoms with Crippen LogP contribution in [0.2, 0.25) is 0 Å². The fourth-order valence-electron chi connectivity index (χ4n) is 0.626. The molecule has 0 unspecified atom stereocenters. The fourth-order valence-corrected chi connectivity index (χ4v) is 0.626. The van der Waals surface area contributed by atoms with Crippen molar-refractivity contribution in [2.45, 2.75) is 0 Å². The Bertz CT molecular complexity index is 254. The molecule has 0 aliphatic rings. The van der Waals surface area contributed by atoms with Crippen molar-refractivity contribution in [3.05, 3.63) is 30.3 Å². The van der Waals surface area contributed by atoms with Gasteiger partial charge in [0.2, 0.25) is 0 Å². The van der Waals surface area contributed by atoms with Crippen molar-refractivity contribution in [2.24, 2.45) is 4.99 Å². The van der Waals surface area contributed by atoms with Crippen LogP contribution in [0.3, 0.4) is 0 Å². The molecule has 0 aliphatic heterocycles. The summed E-state index contributed by atoms with van der Waals surface area (Å²) in [6, 6.07) is 9.57. The van der Waals surface area contributed by atoms with E-state index < -0.39 is 0 Å². The third-order valence-corrected chi connectivity index (χ3v) is 1.04. The van der Waals surface area contributed by atoms with E-state index in [4.69, 9.17) is 6.42 Å². The zero-order chi connectivity index (χ0) is 7.23. The van der Waals surface area contributed by atoms with Gasteiger partial charge in [-0.25, -0.2) is 4.99 Å². The second kappa shape index (κ2) is 3.47. The van der Waals surface area contributed by atoms with E-state index in [9.17, 15) is 0 Å². The molecule has 48 valence electrons. The number of para-hydroxylation sites is 1. The third-order valence-electron chi connectivity index (χ3n) is 1.04. The molecule has 0 aliphatic carbocycles. The summed E-state index contributed by atoms with van der Waals surface area (Å²) in [5.41, 5.74) is 0.889. The van der Waals surface area contributed by atoms with Crippen LogP contribution in [-0.4, -0.2) is 6.21 Å². The van der Waals surface area contributed by atoms with Crippen LogP contribution in [0.4, 0.5) is 5.69 Å². The van der Waals surface area contributed by atoms with Gasteiger partial charge in [0.25, 0.3) is 0 Å². The van der Waals surface area contributed by atoms with Crippen molar-refractivity contribution in [2.75, 3.05) is 0 Å². The molecule has 10 heavy (non-hydrogen) atoms. The summed E-state index contributed by atoms with van der Waals surface area (Å²) in [5.74, 6) is 2.32. The average molecular weight is 129 g/mol. The molecule has 0 fully saturated rings. The minimum atomic E-state index is 0.889. The molecule has 1 nitrogen and oxygen atoms in total. The van der Waals surface area contributed by atoms with Crippen LogP contribution in [0.5, 0.6) is 0 Å². The summed E-state index contributed by atoms with van der Waals surface area (Å²) >= 11 is 0. The maximum atomic E-state index is 4.98. The molecule has 1 aromatic carbocycles. The molecular weight excluding hydrogens is 122 g/mol. The molecule has 0 N–H and O–H groups in total. The van der Waals surface area contributed by atoms with Crippen LogP contribution in [0.15, 0.2) is 35.3 Å². The topological polar surface area (TPSA) is 12.4 Å². The maximum absolute atomic E-state index is 4.98. The van der Waals surface area contributed by atoms with Crippen molar-refractivity contribution in [3.8, 4) is 12.3 Å². The lowest BCUT2D eigenvalue weighted by atomic mass is 10.3. The first kappa shape index (κ1) is 6.57. The van der Waals surface area contributed by atoms with Gasteiger partial charge in [0.15, 0.2) is 0 Å². The van der Waals surface area contributed by atoms with Crippen LogP contribution < -0.4 is 0 Å². The van der Waals surface area contributed by atoms with Gasteiger partial charge in [-0.1, -0.05) is 24.1 Å². The minimum absolute atomic E-state index is 0.889. The summed E-state index contributed by atoms with van der Waals surface area (Å²) in [4.78, 5) is 3.96. The number of aliphatic imine (C=N–C) groups is 1. The molecule has 0 radical (unpaired) electrons. The Kier molecular flexibility index (Phi) is 2.28. The van der Waals surface area contributed by atoms with Gasteiger partial charge in [-0.05, 0) is 12.1 Å².